The molecule has 18 heavy (non-hydrogen) atoms. The monoisotopic (exact) mass is 250 g/mol. The summed E-state index contributed by atoms with van der Waals surface area (Å²) in [6, 6.07) is 7.82. The van der Waals surface area contributed by atoms with E-state index in [0.29, 0.717) is 26.1 Å². The summed E-state index contributed by atoms with van der Waals surface area (Å²) in [6.45, 7) is 4.16. The van der Waals surface area contributed by atoms with Crippen molar-refractivity contribution in [3.8, 4) is 5.75 Å². The maximum absolute atomic E-state index is 10.5. The maximum atomic E-state index is 10.5. The Balaban J connectivity index is 1.98. The normalized spacial score (nSPS) is 18.6. The number of ether oxygens (including phenoxy) is 2. The molecule has 0 bridgehead atoms. The van der Waals surface area contributed by atoms with Gasteiger partial charge in [-0.25, -0.2) is 0 Å². The van der Waals surface area contributed by atoms with Gasteiger partial charge >= 0.3 is 0 Å². The van der Waals surface area contributed by atoms with Gasteiger partial charge in [0.15, 0.2) is 0 Å². The number of hydrogen-bond acceptors (Lipinski definition) is 3. The van der Waals surface area contributed by atoms with E-state index >= 15 is 0 Å². The first kappa shape index (κ1) is 13.4. The standard InChI is InChI=1S/C15H22O3/c1-2-3-10-18-14-6-4-13(5-7-14)15(16)8-11-17-12-9-15/h4-7,16H,2-3,8-12H2,1H3. The van der Waals surface area contributed by atoms with Gasteiger partial charge in [0.05, 0.1) is 12.2 Å². The summed E-state index contributed by atoms with van der Waals surface area (Å²) in [7, 11) is 0. The first-order valence-corrected chi connectivity index (χ1v) is 6.78. The van der Waals surface area contributed by atoms with Crippen LogP contribution in [0.4, 0.5) is 0 Å². The van der Waals surface area contributed by atoms with Crippen LogP contribution in [0.25, 0.3) is 0 Å². The summed E-state index contributed by atoms with van der Waals surface area (Å²) in [5, 5.41) is 10.5. The second kappa shape index (κ2) is 6.21. The lowest BCUT2D eigenvalue weighted by atomic mass is 9.86. The van der Waals surface area contributed by atoms with Crippen LogP contribution in [0.3, 0.4) is 0 Å². The number of rotatable bonds is 5. The number of benzene rings is 1. The molecule has 0 radical (unpaired) electrons. The second-order valence-corrected chi connectivity index (χ2v) is 4.87. The highest BCUT2D eigenvalue weighted by atomic mass is 16.5. The van der Waals surface area contributed by atoms with Gasteiger partial charge in [-0.2, -0.15) is 0 Å². The van der Waals surface area contributed by atoms with Gasteiger partial charge in [0.1, 0.15) is 5.75 Å². The molecule has 0 spiro atoms. The zero-order valence-electron chi connectivity index (χ0n) is 11.0. The van der Waals surface area contributed by atoms with E-state index in [4.69, 9.17) is 9.47 Å². The molecule has 0 atom stereocenters. The van der Waals surface area contributed by atoms with Crippen LogP contribution in [0.5, 0.6) is 5.75 Å². The molecule has 1 aliphatic rings. The van der Waals surface area contributed by atoms with E-state index < -0.39 is 5.60 Å². The van der Waals surface area contributed by atoms with E-state index in [-0.39, 0.29) is 0 Å². The van der Waals surface area contributed by atoms with Gasteiger partial charge in [0.25, 0.3) is 0 Å². The fourth-order valence-electron chi connectivity index (χ4n) is 2.19. The average Bonchev–Trinajstić information content (AvgIpc) is 2.41. The fourth-order valence-corrected chi connectivity index (χ4v) is 2.19. The third kappa shape index (κ3) is 3.24. The van der Waals surface area contributed by atoms with Gasteiger partial charge in [-0.05, 0) is 24.1 Å². The van der Waals surface area contributed by atoms with Crippen molar-refractivity contribution >= 4 is 0 Å². The number of unbranched alkanes of at least 4 members (excludes halogenated alkanes) is 1. The zero-order chi connectivity index (χ0) is 12.8. The Morgan fingerprint density at radius 2 is 1.89 bits per heavy atom. The molecule has 1 N–H and O–H groups in total. The van der Waals surface area contributed by atoms with Gasteiger partial charge < -0.3 is 14.6 Å². The molecule has 3 nitrogen and oxygen atoms in total. The van der Waals surface area contributed by atoms with Crippen molar-refractivity contribution in [2.45, 2.75) is 38.2 Å². The van der Waals surface area contributed by atoms with Crippen LogP contribution in [0, 0.1) is 0 Å². The molecular formula is C15H22O3. The quantitative estimate of drug-likeness (QED) is 0.817. The van der Waals surface area contributed by atoms with Crippen LogP contribution in [0.1, 0.15) is 38.2 Å². The van der Waals surface area contributed by atoms with E-state index in [9.17, 15) is 5.11 Å². The molecule has 1 aliphatic heterocycles. The van der Waals surface area contributed by atoms with Gasteiger partial charge in [-0.15, -0.1) is 0 Å². The minimum atomic E-state index is -0.722. The summed E-state index contributed by atoms with van der Waals surface area (Å²) in [5.41, 5.74) is 0.244. The molecule has 100 valence electrons. The summed E-state index contributed by atoms with van der Waals surface area (Å²) in [6.07, 6.45) is 3.55. The van der Waals surface area contributed by atoms with Crippen LogP contribution in [0.15, 0.2) is 24.3 Å². The first-order chi connectivity index (χ1) is 8.74. The van der Waals surface area contributed by atoms with Crippen LogP contribution in [0.2, 0.25) is 0 Å². The van der Waals surface area contributed by atoms with Gasteiger partial charge in [0, 0.05) is 26.1 Å². The predicted molar refractivity (Wildman–Crippen MR) is 70.8 cm³/mol. The largest absolute Gasteiger partial charge is 0.494 e. The highest BCUT2D eigenvalue weighted by molar-refractivity contribution is 5.31. The molecule has 1 aromatic carbocycles. The Morgan fingerprint density at radius 3 is 2.50 bits per heavy atom. The topological polar surface area (TPSA) is 38.7 Å². The van der Waals surface area contributed by atoms with Crippen molar-refractivity contribution in [2.75, 3.05) is 19.8 Å². The second-order valence-electron chi connectivity index (χ2n) is 4.87. The molecule has 1 saturated heterocycles. The van der Waals surface area contributed by atoms with Crippen LogP contribution in [-0.4, -0.2) is 24.9 Å². The van der Waals surface area contributed by atoms with Crippen LogP contribution in [-0.2, 0) is 10.3 Å². The Kier molecular flexibility index (Phi) is 4.61. The molecule has 1 heterocycles. The fraction of sp³-hybridized carbons (Fsp3) is 0.600. The maximum Gasteiger partial charge on any atom is 0.119 e. The molecule has 0 aliphatic carbocycles. The Morgan fingerprint density at radius 1 is 1.22 bits per heavy atom. The number of hydrogen-bond donors (Lipinski definition) is 1. The summed E-state index contributed by atoms with van der Waals surface area (Å²) >= 11 is 0. The Labute approximate surface area is 109 Å². The predicted octanol–water partition coefficient (Wildman–Crippen LogP) is 2.86. The molecule has 0 saturated carbocycles. The van der Waals surface area contributed by atoms with Gasteiger partial charge in [0.2, 0.25) is 0 Å². The molecule has 3 heteroatoms. The molecule has 0 unspecified atom stereocenters. The average molecular weight is 250 g/mol. The SMILES string of the molecule is CCCCOc1ccc(C2(O)CCOCC2)cc1. The highest BCUT2D eigenvalue weighted by Crippen LogP contribution is 2.32. The molecule has 0 aromatic heterocycles. The highest BCUT2D eigenvalue weighted by Gasteiger charge is 2.31. The molecule has 0 amide bonds. The first-order valence-electron chi connectivity index (χ1n) is 6.78. The van der Waals surface area contributed by atoms with Crippen molar-refractivity contribution in [1.29, 1.82) is 0 Å². The summed E-state index contributed by atoms with van der Waals surface area (Å²) in [4.78, 5) is 0. The molecular weight excluding hydrogens is 228 g/mol. The van der Waals surface area contributed by atoms with E-state index in [1.165, 1.54) is 0 Å². The third-order valence-electron chi connectivity index (χ3n) is 3.48. The lowest BCUT2D eigenvalue weighted by Crippen LogP contribution is -2.33. The van der Waals surface area contributed by atoms with Crippen molar-refractivity contribution < 1.29 is 14.6 Å². The minimum absolute atomic E-state index is 0.630. The third-order valence-corrected chi connectivity index (χ3v) is 3.48. The van der Waals surface area contributed by atoms with E-state index in [2.05, 4.69) is 6.92 Å². The molecule has 2 rings (SSSR count). The van der Waals surface area contributed by atoms with Crippen molar-refractivity contribution in [1.82, 2.24) is 0 Å². The van der Waals surface area contributed by atoms with Crippen LogP contribution >= 0.6 is 0 Å². The van der Waals surface area contributed by atoms with Crippen LogP contribution < -0.4 is 4.74 Å². The van der Waals surface area contributed by atoms with Gasteiger partial charge in [-0.1, -0.05) is 25.5 Å². The Bertz CT molecular complexity index is 353. The summed E-state index contributed by atoms with van der Waals surface area (Å²) in [5.74, 6) is 0.878. The lowest BCUT2D eigenvalue weighted by molar-refractivity contribution is -0.0679. The molecule has 1 fully saturated rings. The lowest BCUT2D eigenvalue weighted by Gasteiger charge is -2.32. The smallest absolute Gasteiger partial charge is 0.119 e. The summed E-state index contributed by atoms with van der Waals surface area (Å²) < 4.78 is 10.9. The van der Waals surface area contributed by atoms with Gasteiger partial charge in [-0.3, -0.25) is 0 Å². The van der Waals surface area contributed by atoms with E-state index in [0.717, 1.165) is 30.8 Å². The van der Waals surface area contributed by atoms with Crippen molar-refractivity contribution in [2.24, 2.45) is 0 Å². The molecule has 1 aromatic rings. The Hall–Kier alpha value is -1.06. The number of aliphatic hydroxyl groups is 1. The van der Waals surface area contributed by atoms with E-state index in [1.807, 2.05) is 24.3 Å². The zero-order valence-corrected chi connectivity index (χ0v) is 11.0. The minimum Gasteiger partial charge on any atom is -0.494 e. The van der Waals surface area contributed by atoms with Crippen molar-refractivity contribution in [3.05, 3.63) is 29.8 Å². The van der Waals surface area contributed by atoms with Crippen molar-refractivity contribution in [3.63, 3.8) is 0 Å². The van der Waals surface area contributed by atoms with E-state index in [1.54, 1.807) is 0 Å².